The molecule has 1 heterocycles. The Morgan fingerprint density at radius 2 is 2.35 bits per heavy atom. The van der Waals surface area contributed by atoms with Gasteiger partial charge in [0.2, 0.25) is 0 Å². The van der Waals surface area contributed by atoms with E-state index in [1.54, 1.807) is 12.1 Å². The predicted octanol–water partition coefficient (Wildman–Crippen LogP) is 1.83. The number of aromatic nitrogens is 3. The van der Waals surface area contributed by atoms with Gasteiger partial charge in [0.15, 0.2) is 5.69 Å². The van der Waals surface area contributed by atoms with Crippen molar-refractivity contribution in [2.45, 2.75) is 0 Å². The number of amides is 1. The van der Waals surface area contributed by atoms with Crippen molar-refractivity contribution in [3.63, 3.8) is 0 Å². The fraction of sp³-hybridized carbons (Fsp3) is 0.100. The number of carbonyl (C=O) groups is 1. The molecule has 0 spiro atoms. The summed E-state index contributed by atoms with van der Waals surface area (Å²) in [5.41, 5.74) is 0.780. The van der Waals surface area contributed by atoms with Crippen molar-refractivity contribution >= 4 is 27.5 Å². The summed E-state index contributed by atoms with van der Waals surface area (Å²) in [7, 11) is 1.54. The lowest BCUT2D eigenvalue weighted by Crippen LogP contribution is -2.13. The molecule has 7 heteroatoms. The Morgan fingerprint density at radius 3 is 3.00 bits per heavy atom. The minimum atomic E-state index is -0.352. The van der Waals surface area contributed by atoms with Gasteiger partial charge >= 0.3 is 0 Å². The number of nitrogens with one attached hydrogen (secondary N) is 2. The van der Waals surface area contributed by atoms with E-state index in [2.05, 4.69) is 36.7 Å². The van der Waals surface area contributed by atoms with E-state index in [1.165, 1.54) is 13.3 Å². The highest BCUT2D eigenvalue weighted by Gasteiger charge is 2.12. The topological polar surface area (TPSA) is 79.9 Å². The van der Waals surface area contributed by atoms with Crippen molar-refractivity contribution < 1.29 is 9.53 Å². The molecule has 0 saturated carbocycles. The van der Waals surface area contributed by atoms with Crippen LogP contribution in [0.2, 0.25) is 0 Å². The highest BCUT2D eigenvalue weighted by molar-refractivity contribution is 9.10. The van der Waals surface area contributed by atoms with Gasteiger partial charge in [-0.2, -0.15) is 15.4 Å². The molecule has 17 heavy (non-hydrogen) atoms. The molecule has 0 aliphatic heterocycles. The van der Waals surface area contributed by atoms with Crippen molar-refractivity contribution in [2.75, 3.05) is 12.4 Å². The highest BCUT2D eigenvalue weighted by atomic mass is 79.9. The molecule has 1 amide bonds. The molecule has 88 valence electrons. The largest absolute Gasteiger partial charge is 0.495 e. The Bertz CT molecular complexity index is 527. The number of carbonyl (C=O) groups excluding carboxylic acids is 1. The molecule has 0 saturated heterocycles. The van der Waals surface area contributed by atoms with Gasteiger partial charge in [-0.1, -0.05) is 15.9 Å². The highest BCUT2D eigenvalue weighted by Crippen LogP contribution is 2.28. The molecule has 0 unspecified atom stereocenters. The Balaban J connectivity index is 2.23. The number of nitrogens with zero attached hydrogens (tertiary/aromatic N) is 2. The van der Waals surface area contributed by atoms with Crippen LogP contribution in [0.5, 0.6) is 5.75 Å². The second-order valence-electron chi connectivity index (χ2n) is 3.15. The van der Waals surface area contributed by atoms with Crippen LogP contribution in [0.4, 0.5) is 5.69 Å². The normalized spacial score (nSPS) is 10.0. The predicted molar refractivity (Wildman–Crippen MR) is 65.0 cm³/mol. The van der Waals surface area contributed by atoms with Crippen molar-refractivity contribution in [1.29, 1.82) is 0 Å². The van der Waals surface area contributed by atoms with Crippen LogP contribution in [0, 0.1) is 0 Å². The summed E-state index contributed by atoms with van der Waals surface area (Å²) in [6, 6.07) is 5.32. The van der Waals surface area contributed by atoms with Crippen LogP contribution < -0.4 is 10.1 Å². The Kier molecular flexibility index (Phi) is 3.38. The molecule has 1 aromatic carbocycles. The summed E-state index contributed by atoms with van der Waals surface area (Å²) < 4.78 is 5.98. The van der Waals surface area contributed by atoms with Crippen LogP contribution in [-0.2, 0) is 0 Å². The zero-order valence-corrected chi connectivity index (χ0v) is 10.5. The molecular weight excluding hydrogens is 288 g/mol. The minimum absolute atomic E-state index is 0.215. The quantitative estimate of drug-likeness (QED) is 0.905. The van der Waals surface area contributed by atoms with E-state index >= 15 is 0 Å². The third kappa shape index (κ3) is 2.62. The summed E-state index contributed by atoms with van der Waals surface area (Å²) in [6.45, 7) is 0. The molecule has 0 radical (unpaired) electrons. The number of ether oxygens (including phenoxy) is 1. The molecular formula is C10H9BrN4O2. The lowest BCUT2D eigenvalue weighted by Gasteiger charge is -2.09. The molecule has 0 aliphatic rings. The van der Waals surface area contributed by atoms with Crippen molar-refractivity contribution in [1.82, 2.24) is 15.4 Å². The molecule has 0 fully saturated rings. The van der Waals surface area contributed by atoms with Crippen molar-refractivity contribution in [3.05, 3.63) is 34.6 Å². The first kappa shape index (κ1) is 11.6. The molecule has 6 nitrogen and oxygen atoms in total. The van der Waals surface area contributed by atoms with Crippen LogP contribution in [0.15, 0.2) is 28.9 Å². The van der Waals surface area contributed by atoms with Crippen LogP contribution in [0.3, 0.4) is 0 Å². The van der Waals surface area contributed by atoms with Crippen molar-refractivity contribution in [3.8, 4) is 5.75 Å². The fourth-order valence-electron chi connectivity index (χ4n) is 1.28. The summed E-state index contributed by atoms with van der Waals surface area (Å²) in [6.07, 6.45) is 1.35. The van der Waals surface area contributed by atoms with Crippen molar-refractivity contribution in [2.24, 2.45) is 0 Å². The number of halogens is 1. The molecule has 0 atom stereocenters. The lowest BCUT2D eigenvalue weighted by atomic mass is 10.3. The van der Waals surface area contributed by atoms with Crippen LogP contribution in [0.1, 0.15) is 10.5 Å². The maximum atomic E-state index is 11.8. The lowest BCUT2D eigenvalue weighted by molar-refractivity contribution is 0.102. The average Bonchev–Trinajstić information content (AvgIpc) is 2.83. The molecule has 1 aromatic heterocycles. The second kappa shape index (κ2) is 4.96. The molecule has 2 N–H and O–H groups in total. The number of hydrogen-bond acceptors (Lipinski definition) is 4. The van der Waals surface area contributed by atoms with E-state index in [1.807, 2.05) is 6.07 Å². The smallest absolute Gasteiger partial charge is 0.277 e. The standard InChI is InChI=1S/C10H9BrN4O2/c1-17-9-3-2-6(11)4-7(9)13-10(16)8-5-12-15-14-8/h2-5H,1H3,(H,13,16)(H,12,14,15). The molecule has 2 aromatic rings. The van der Waals surface area contributed by atoms with Gasteiger partial charge < -0.3 is 10.1 Å². The van der Waals surface area contributed by atoms with E-state index in [0.717, 1.165) is 4.47 Å². The third-order valence-corrected chi connectivity index (χ3v) is 2.55. The van der Waals surface area contributed by atoms with Crippen LogP contribution in [-0.4, -0.2) is 28.4 Å². The van der Waals surface area contributed by atoms with Gasteiger partial charge in [-0.3, -0.25) is 4.79 Å². The number of methoxy groups -OCH3 is 1. The Hall–Kier alpha value is -1.89. The molecule has 0 bridgehead atoms. The van der Waals surface area contributed by atoms with Gasteiger partial charge in [-0.05, 0) is 18.2 Å². The first-order valence-corrected chi connectivity index (χ1v) is 5.50. The minimum Gasteiger partial charge on any atom is -0.495 e. The zero-order chi connectivity index (χ0) is 12.3. The Morgan fingerprint density at radius 1 is 1.53 bits per heavy atom. The van der Waals surface area contributed by atoms with E-state index in [0.29, 0.717) is 11.4 Å². The summed E-state index contributed by atoms with van der Waals surface area (Å²) in [5, 5.41) is 12.3. The average molecular weight is 297 g/mol. The third-order valence-electron chi connectivity index (χ3n) is 2.06. The fourth-order valence-corrected chi connectivity index (χ4v) is 1.64. The number of anilines is 1. The van der Waals surface area contributed by atoms with Gasteiger partial charge in [0.05, 0.1) is 19.0 Å². The number of benzene rings is 1. The Labute approximate surface area is 105 Å². The summed E-state index contributed by atoms with van der Waals surface area (Å²) >= 11 is 3.32. The molecule has 2 rings (SSSR count). The summed E-state index contributed by atoms with van der Waals surface area (Å²) in [4.78, 5) is 11.8. The van der Waals surface area contributed by atoms with Gasteiger partial charge in [0.1, 0.15) is 5.75 Å². The van der Waals surface area contributed by atoms with Crippen LogP contribution in [0.25, 0.3) is 0 Å². The van der Waals surface area contributed by atoms with Gasteiger partial charge in [-0.25, -0.2) is 0 Å². The van der Waals surface area contributed by atoms with Gasteiger partial charge in [0.25, 0.3) is 5.91 Å². The van der Waals surface area contributed by atoms with E-state index in [9.17, 15) is 4.79 Å². The summed E-state index contributed by atoms with van der Waals surface area (Å²) in [5.74, 6) is 0.222. The number of H-pyrrole nitrogens is 1. The maximum Gasteiger partial charge on any atom is 0.277 e. The zero-order valence-electron chi connectivity index (χ0n) is 8.90. The monoisotopic (exact) mass is 296 g/mol. The van der Waals surface area contributed by atoms with E-state index < -0.39 is 0 Å². The van der Waals surface area contributed by atoms with E-state index in [4.69, 9.17) is 4.74 Å². The number of rotatable bonds is 3. The maximum absolute atomic E-state index is 11.8. The second-order valence-corrected chi connectivity index (χ2v) is 4.07. The number of hydrogen-bond donors (Lipinski definition) is 2. The van der Waals surface area contributed by atoms with Gasteiger partial charge in [-0.15, -0.1) is 0 Å². The first-order chi connectivity index (χ1) is 8.20. The van der Waals surface area contributed by atoms with Crippen LogP contribution >= 0.6 is 15.9 Å². The first-order valence-electron chi connectivity index (χ1n) is 4.71. The van der Waals surface area contributed by atoms with E-state index in [-0.39, 0.29) is 11.6 Å². The number of aromatic amines is 1. The SMILES string of the molecule is COc1ccc(Br)cc1NC(=O)c1cn[nH]n1. The molecule has 0 aliphatic carbocycles. The van der Waals surface area contributed by atoms with Gasteiger partial charge in [0, 0.05) is 4.47 Å².